The van der Waals surface area contributed by atoms with Gasteiger partial charge in [0.25, 0.3) is 0 Å². The second-order valence-corrected chi connectivity index (χ2v) is 5.86. The van der Waals surface area contributed by atoms with Crippen LogP contribution in [0.25, 0.3) is 5.69 Å². The van der Waals surface area contributed by atoms with Gasteiger partial charge in [-0.05, 0) is 30.2 Å². The van der Waals surface area contributed by atoms with Crippen LogP contribution in [-0.2, 0) is 6.54 Å². The fraction of sp³-hybridized carbons (Fsp3) is 0.471. The highest BCUT2D eigenvalue weighted by atomic mass is 16.5. The maximum atomic E-state index is 5.21. The number of aromatic nitrogens is 2. The van der Waals surface area contributed by atoms with E-state index in [1.165, 1.54) is 11.3 Å². The molecule has 4 nitrogen and oxygen atoms in total. The summed E-state index contributed by atoms with van der Waals surface area (Å²) in [5, 5.41) is 8.04. The summed E-state index contributed by atoms with van der Waals surface area (Å²) in [6.07, 6.45) is 1.97. The van der Waals surface area contributed by atoms with Crippen molar-refractivity contribution in [2.24, 2.45) is 0 Å². The third-order valence-electron chi connectivity index (χ3n) is 3.45. The molecule has 4 heteroatoms. The van der Waals surface area contributed by atoms with E-state index < -0.39 is 0 Å². The number of nitrogens with zero attached hydrogens (tertiary/aromatic N) is 2. The Morgan fingerprint density at radius 1 is 1.14 bits per heavy atom. The number of rotatable bonds is 6. The zero-order valence-electron chi connectivity index (χ0n) is 13.6. The first-order valence-corrected chi connectivity index (χ1v) is 7.47. The Morgan fingerprint density at radius 3 is 2.33 bits per heavy atom. The lowest BCUT2D eigenvalue weighted by molar-refractivity contribution is 0.414. The Balaban J connectivity index is 2.34. The normalized spacial score (nSPS) is 11.4. The smallest absolute Gasteiger partial charge is 0.119 e. The maximum Gasteiger partial charge on any atom is 0.119 e. The monoisotopic (exact) mass is 287 g/mol. The molecule has 114 valence electrons. The van der Waals surface area contributed by atoms with Crippen LogP contribution in [0.15, 0.2) is 30.5 Å². The molecule has 0 amide bonds. The number of ether oxygens (including phenoxy) is 1. The third-order valence-corrected chi connectivity index (χ3v) is 3.45. The summed E-state index contributed by atoms with van der Waals surface area (Å²) >= 11 is 0. The Kier molecular flexibility index (Phi) is 5.02. The van der Waals surface area contributed by atoms with E-state index in [0.717, 1.165) is 18.0 Å². The van der Waals surface area contributed by atoms with Crippen molar-refractivity contribution < 1.29 is 4.74 Å². The van der Waals surface area contributed by atoms with E-state index in [0.29, 0.717) is 12.0 Å². The van der Waals surface area contributed by atoms with E-state index in [-0.39, 0.29) is 0 Å². The molecule has 0 bridgehead atoms. The molecule has 1 aromatic carbocycles. The van der Waals surface area contributed by atoms with Gasteiger partial charge in [-0.15, -0.1) is 0 Å². The van der Waals surface area contributed by atoms with Gasteiger partial charge in [-0.3, -0.25) is 0 Å². The van der Waals surface area contributed by atoms with Crippen LogP contribution in [0.2, 0.25) is 0 Å². The van der Waals surface area contributed by atoms with Crippen LogP contribution in [0.5, 0.6) is 5.75 Å². The summed E-state index contributed by atoms with van der Waals surface area (Å²) in [7, 11) is 1.68. The first-order chi connectivity index (χ1) is 10.0. The topological polar surface area (TPSA) is 39.1 Å². The molecule has 0 atom stereocenters. The van der Waals surface area contributed by atoms with Crippen molar-refractivity contribution in [3.8, 4) is 11.4 Å². The van der Waals surface area contributed by atoms with Crippen molar-refractivity contribution in [2.45, 2.75) is 46.2 Å². The lowest BCUT2D eigenvalue weighted by Crippen LogP contribution is -2.22. The minimum Gasteiger partial charge on any atom is -0.497 e. The standard InChI is InChI=1S/C17H25N3O/c1-12(2)17-14(10-18-13(3)4)11-19-20(17)15-6-8-16(21-5)9-7-15/h6-9,11-13,18H,10H2,1-5H3. The molecule has 21 heavy (non-hydrogen) atoms. The highest BCUT2D eigenvalue weighted by Crippen LogP contribution is 2.24. The zero-order valence-corrected chi connectivity index (χ0v) is 13.6. The first-order valence-electron chi connectivity index (χ1n) is 7.47. The fourth-order valence-corrected chi connectivity index (χ4v) is 2.39. The van der Waals surface area contributed by atoms with E-state index in [4.69, 9.17) is 4.74 Å². The SMILES string of the molecule is COc1ccc(-n2ncc(CNC(C)C)c2C(C)C)cc1. The third kappa shape index (κ3) is 3.64. The second-order valence-electron chi connectivity index (χ2n) is 5.86. The molecule has 0 fully saturated rings. The predicted molar refractivity (Wildman–Crippen MR) is 86.2 cm³/mol. The van der Waals surface area contributed by atoms with E-state index in [9.17, 15) is 0 Å². The summed E-state index contributed by atoms with van der Waals surface area (Å²) in [5.74, 6) is 1.28. The van der Waals surface area contributed by atoms with Crippen molar-refractivity contribution in [1.82, 2.24) is 15.1 Å². The van der Waals surface area contributed by atoms with Gasteiger partial charge in [-0.1, -0.05) is 27.7 Å². The summed E-state index contributed by atoms with van der Waals surface area (Å²) in [5.41, 5.74) is 3.58. The highest BCUT2D eigenvalue weighted by Gasteiger charge is 2.15. The Hall–Kier alpha value is -1.81. The summed E-state index contributed by atoms with van der Waals surface area (Å²) in [4.78, 5) is 0. The Morgan fingerprint density at radius 2 is 1.81 bits per heavy atom. The molecule has 0 aliphatic heterocycles. The molecule has 2 rings (SSSR count). The Labute approximate surface area is 127 Å². The van der Waals surface area contributed by atoms with Gasteiger partial charge in [-0.25, -0.2) is 4.68 Å². The van der Waals surface area contributed by atoms with Crippen LogP contribution in [0.1, 0.15) is 44.9 Å². The fourth-order valence-electron chi connectivity index (χ4n) is 2.39. The minimum atomic E-state index is 0.415. The number of benzene rings is 1. The van der Waals surface area contributed by atoms with E-state index in [2.05, 4.69) is 38.1 Å². The van der Waals surface area contributed by atoms with Crippen molar-refractivity contribution in [3.63, 3.8) is 0 Å². The van der Waals surface area contributed by atoms with Crippen LogP contribution in [0.4, 0.5) is 0 Å². The van der Waals surface area contributed by atoms with Crippen molar-refractivity contribution in [3.05, 3.63) is 41.7 Å². The molecule has 1 heterocycles. The van der Waals surface area contributed by atoms with Crippen molar-refractivity contribution in [2.75, 3.05) is 7.11 Å². The van der Waals surface area contributed by atoms with Crippen LogP contribution in [0.3, 0.4) is 0 Å². The van der Waals surface area contributed by atoms with Gasteiger partial charge in [-0.2, -0.15) is 5.10 Å². The van der Waals surface area contributed by atoms with Gasteiger partial charge in [0, 0.05) is 18.2 Å². The van der Waals surface area contributed by atoms with Crippen molar-refractivity contribution in [1.29, 1.82) is 0 Å². The van der Waals surface area contributed by atoms with Gasteiger partial charge in [0.15, 0.2) is 0 Å². The van der Waals surface area contributed by atoms with Crippen LogP contribution in [-0.4, -0.2) is 22.9 Å². The maximum absolute atomic E-state index is 5.21. The largest absolute Gasteiger partial charge is 0.497 e. The number of methoxy groups -OCH3 is 1. The molecular weight excluding hydrogens is 262 g/mol. The molecule has 0 aliphatic rings. The van der Waals surface area contributed by atoms with Gasteiger partial charge in [0.05, 0.1) is 24.7 Å². The van der Waals surface area contributed by atoms with Crippen LogP contribution < -0.4 is 10.1 Å². The number of nitrogens with one attached hydrogen (secondary N) is 1. The van der Waals surface area contributed by atoms with Gasteiger partial charge >= 0.3 is 0 Å². The van der Waals surface area contributed by atoms with E-state index in [1.807, 2.05) is 35.1 Å². The van der Waals surface area contributed by atoms with E-state index >= 15 is 0 Å². The van der Waals surface area contributed by atoms with Crippen molar-refractivity contribution >= 4 is 0 Å². The summed E-state index contributed by atoms with van der Waals surface area (Å²) in [6.45, 7) is 9.57. The molecule has 1 aromatic heterocycles. The summed E-state index contributed by atoms with van der Waals surface area (Å²) < 4.78 is 7.24. The van der Waals surface area contributed by atoms with Gasteiger partial charge in [0.1, 0.15) is 5.75 Å². The van der Waals surface area contributed by atoms with E-state index in [1.54, 1.807) is 7.11 Å². The first kappa shape index (κ1) is 15.6. The minimum absolute atomic E-state index is 0.415. The highest BCUT2D eigenvalue weighted by molar-refractivity contribution is 5.40. The number of hydrogen-bond donors (Lipinski definition) is 1. The predicted octanol–water partition coefficient (Wildman–Crippen LogP) is 3.50. The zero-order chi connectivity index (χ0) is 15.4. The average Bonchev–Trinajstić information content (AvgIpc) is 2.89. The quantitative estimate of drug-likeness (QED) is 0.883. The van der Waals surface area contributed by atoms with Gasteiger partial charge in [0.2, 0.25) is 0 Å². The second kappa shape index (κ2) is 6.76. The lowest BCUT2D eigenvalue weighted by Gasteiger charge is -2.14. The molecule has 0 spiro atoms. The van der Waals surface area contributed by atoms with Gasteiger partial charge < -0.3 is 10.1 Å². The lowest BCUT2D eigenvalue weighted by atomic mass is 10.1. The molecule has 2 aromatic rings. The number of hydrogen-bond acceptors (Lipinski definition) is 3. The molecule has 0 aliphatic carbocycles. The molecule has 0 radical (unpaired) electrons. The van der Waals surface area contributed by atoms with Crippen LogP contribution in [0, 0.1) is 0 Å². The molecular formula is C17H25N3O. The average molecular weight is 287 g/mol. The van der Waals surface area contributed by atoms with Crippen LogP contribution >= 0.6 is 0 Å². The Bertz CT molecular complexity index is 570. The molecule has 0 saturated heterocycles. The molecule has 0 unspecified atom stereocenters. The summed E-state index contributed by atoms with van der Waals surface area (Å²) in [6, 6.07) is 8.48. The molecule has 1 N–H and O–H groups in total. The molecule has 0 saturated carbocycles.